The number of hydrogen-bond donors (Lipinski definition) is 2. The van der Waals surface area contributed by atoms with Crippen molar-refractivity contribution in [1.29, 1.82) is 0 Å². The largest absolute Gasteiger partial charge is 0.469 e. The van der Waals surface area contributed by atoms with Crippen LogP contribution in [-0.2, 0) is 41.8 Å². The van der Waals surface area contributed by atoms with E-state index in [0.717, 1.165) is 11.1 Å². The number of benzene rings is 2. The SMILES string of the molecule is COC(=O)C[C@]1(C(=O)OC)ON(Cc2ccccc2)[C@@H]2[C@H](O)[C@@H](OCc3ccccc3)[C@H](O)[C@@H]21. The Morgan fingerprint density at radius 2 is 1.56 bits per heavy atom. The van der Waals surface area contributed by atoms with Crippen molar-refractivity contribution in [3.63, 3.8) is 0 Å². The van der Waals surface area contributed by atoms with E-state index in [0.29, 0.717) is 0 Å². The molecule has 0 unspecified atom stereocenters. The number of aliphatic hydroxyl groups excluding tert-OH is 2. The first-order chi connectivity index (χ1) is 16.4. The van der Waals surface area contributed by atoms with Gasteiger partial charge in [0.25, 0.3) is 0 Å². The second kappa shape index (κ2) is 10.2. The number of carbonyl (C=O) groups is 2. The summed E-state index contributed by atoms with van der Waals surface area (Å²) in [6.45, 7) is 0.359. The van der Waals surface area contributed by atoms with Crippen molar-refractivity contribution in [2.75, 3.05) is 14.2 Å². The van der Waals surface area contributed by atoms with E-state index in [2.05, 4.69) is 0 Å². The van der Waals surface area contributed by atoms with Crippen LogP contribution in [0.3, 0.4) is 0 Å². The van der Waals surface area contributed by atoms with Gasteiger partial charge in [0.05, 0.1) is 45.3 Å². The first-order valence-electron chi connectivity index (χ1n) is 11.1. The minimum atomic E-state index is -1.88. The first-order valence-corrected chi connectivity index (χ1v) is 11.1. The zero-order valence-corrected chi connectivity index (χ0v) is 19.1. The van der Waals surface area contributed by atoms with E-state index in [1.54, 1.807) is 0 Å². The van der Waals surface area contributed by atoms with Gasteiger partial charge in [-0.1, -0.05) is 60.7 Å². The van der Waals surface area contributed by atoms with Crippen molar-refractivity contribution in [2.24, 2.45) is 5.92 Å². The molecule has 0 radical (unpaired) electrons. The van der Waals surface area contributed by atoms with Gasteiger partial charge in [-0.25, -0.2) is 4.79 Å². The van der Waals surface area contributed by atoms with E-state index in [1.165, 1.54) is 19.3 Å². The van der Waals surface area contributed by atoms with Crippen molar-refractivity contribution in [1.82, 2.24) is 5.06 Å². The molecule has 9 heteroatoms. The monoisotopic (exact) mass is 471 g/mol. The number of hydrogen-bond acceptors (Lipinski definition) is 9. The highest BCUT2D eigenvalue weighted by Crippen LogP contribution is 2.50. The molecule has 34 heavy (non-hydrogen) atoms. The maximum Gasteiger partial charge on any atom is 0.341 e. The normalized spacial score (nSPS) is 30.6. The third-order valence-electron chi connectivity index (χ3n) is 6.54. The lowest BCUT2D eigenvalue weighted by molar-refractivity contribution is -0.246. The summed E-state index contributed by atoms with van der Waals surface area (Å²) in [4.78, 5) is 31.5. The Labute approximate surface area is 197 Å². The maximum atomic E-state index is 13.1. The number of esters is 2. The van der Waals surface area contributed by atoms with Crippen molar-refractivity contribution < 1.29 is 38.9 Å². The van der Waals surface area contributed by atoms with E-state index in [-0.39, 0.29) is 13.2 Å². The predicted molar refractivity (Wildman–Crippen MR) is 119 cm³/mol. The Balaban J connectivity index is 1.68. The number of methoxy groups -OCH3 is 2. The summed E-state index contributed by atoms with van der Waals surface area (Å²) >= 11 is 0. The molecular formula is C25H29NO8. The molecule has 2 aromatic carbocycles. The van der Waals surface area contributed by atoms with Crippen molar-refractivity contribution >= 4 is 11.9 Å². The van der Waals surface area contributed by atoms with Gasteiger partial charge in [-0.15, -0.1) is 0 Å². The summed E-state index contributed by atoms with van der Waals surface area (Å²) in [5.41, 5.74) is -0.160. The van der Waals surface area contributed by atoms with E-state index in [4.69, 9.17) is 19.0 Å². The molecule has 2 aliphatic rings. The molecule has 0 bridgehead atoms. The van der Waals surface area contributed by atoms with Crippen LogP contribution in [0.25, 0.3) is 0 Å². The number of fused-ring (bicyclic) bond motifs is 1. The molecule has 2 fully saturated rings. The first kappa shape index (κ1) is 24.3. The van der Waals surface area contributed by atoms with Gasteiger partial charge in [0, 0.05) is 6.54 Å². The van der Waals surface area contributed by atoms with Gasteiger partial charge in [-0.05, 0) is 11.1 Å². The molecule has 1 saturated carbocycles. The minimum Gasteiger partial charge on any atom is -0.469 e. The van der Waals surface area contributed by atoms with Gasteiger partial charge in [-0.2, -0.15) is 5.06 Å². The molecule has 0 spiro atoms. The molecular weight excluding hydrogens is 442 g/mol. The molecule has 1 heterocycles. The molecule has 1 saturated heterocycles. The summed E-state index contributed by atoms with van der Waals surface area (Å²) in [5.74, 6) is -2.54. The second-order valence-electron chi connectivity index (χ2n) is 8.54. The van der Waals surface area contributed by atoms with E-state index in [9.17, 15) is 19.8 Å². The summed E-state index contributed by atoms with van der Waals surface area (Å²) in [6, 6.07) is 17.8. The number of carbonyl (C=O) groups excluding carboxylic acids is 2. The molecule has 2 N–H and O–H groups in total. The molecule has 2 aromatic rings. The van der Waals surface area contributed by atoms with Crippen LogP contribution in [-0.4, -0.2) is 71.4 Å². The van der Waals surface area contributed by atoms with Crippen LogP contribution >= 0.6 is 0 Å². The Kier molecular flexibility index (Phi) is 7.30. The summed E-state index contributed by atoms with van der Waals surface area (Å²) in [7, 11) is 2.38. The average Bonchev–Trinajstić information content (AvgIpc) is 3.31. The van der Waals surface area contributed by atoms with Gasteiger partial charge < -0.3 is 24.4 Å². The Bertz CT molecular complexity index is 987. The van der Waals surface area contributed by atoms with Crippen LogP contribution in [0.4, 0.5) is 0 Å². The highest BCUT2D eigenvalue weighted by Gasteiger charge is 2.70. The van der Waals surface area contributed by atoms with Crippen LogP contribution in [0.5, 0.6) is 0 Å². The van der Waals surface area contributed by atoms with Crippen LogP contribution < -0.4 is 0 Å². The molecule has 0 amide bonds. The fraction of sp³-hybridized carbons (Fsp3) is 0.440. The van der Waals surface area contributed by atoms with Crippen LogP contribution in [0.1, 0.15) is 17.5 Å². The number of aliphatic hydroxyl groups is 2. The van der Waals surface area contributed by atoms with Gasteiger partial charge in [-0.3, -0.25) is 9.63 Å². The van der Waals surface area contributed by atoms with Crippen molar-refractivity contribution in [2.45, 2.75) is 49.5 Å². The smallest absolute Gasteiger partial charge is 0.341 e. The molecule has 0 aromatic heterocycles. The number of rotatable bonds is 8. The summed E-state index contributed by atoms with van der Waals surface area (Å²) in [6.07, 6.45) is -4.01. The third kappa shape index (κ3) is 4.45. The van der Waals surface area contributed by atoms with E-state index >= 15 is 0 Å². The van der Waals surface area contributed by atoms with E-state index < -0.39 is 54.2 Å². The molecule has 1 aliphatic carbocycles. The van der Waals surface area contributed by atoms with Gasteiger partial charge in [0.1, 0.15) is 12.2 Å². The lowest BCUT2D eigenvalue weighted by Gasteiger charge is -2.33. The maximum absolute atomic E-state index is 13.1. The quantitative estimate of drug-likeness (QED) is 0.548. The zero-order chi connectivity index (χ0) is 24.3. The number of hydroxylamine groups is 2. The lowest BCUT2D eigenvalue weighted by Crippen LogP contribution is -2.52. The number of nitrogens with zero attached hydrogens (tertiary/aromatic N) is 1. The van der Waals surface area contributed by atoms with Crippen LogP contribution in [0.15, 0.2) is 60.7 Å². The molecule has 6 atom stereocenters. The second-order valence-corrected chi connectivity index (χ2v) is 8.54. The topological polar surface area (TPSA) is 115 Å². The fourth-order valence-corrected chi connectivity index (χ4v) is 4.97. The van der Waals surface area contributed by atoms with Crippen molar-refractivity contribution in [3.05, 3.63) is 71.8 Å². The Hall–Kier alpha value is -2.82. The standard InChI is InChI=1S/C25H29NO8/c1-31-18(27)13-25(24(30)32-2)19-20(26(34-25)14-16-9-5-3-6-10-16)22(29)23(21(19)28)33-15-17-11-7-4-8-12-17/h3-12,19-23,28-29H,13-15H2,1-2H3/t19-,20+,21-,22+,23+,25+/m1/s1. The predicted octanol–water partition coefficient (Wildman–Crippen LogP) is 1.21. The van der Waals surface area contributed by atoms with Gasteiger partial charge in [0.15, 0.2) is 0 Å². The van der Waals surface area contributed by atoms with E-state index in [1.807, 2.05) is 60.7 Å². The molecule has 4 rings (SSSR count). The lowest BCUT2D eigenvalue weighted by atomic mass is 9.80. The summed E-state index contributed by atoms with van der Waals surface area (Å²) in [5, 5.41) is 24.0. The van der Waals surface area contributed by atoms with Crippen LogP contribution in [0, 0.1) is 5.92 Å². The van der Waals surface area contributed by atoms with Gasteiger partial charge in [0.2, 0.25) is 5.60 Å². The van der Waals surface area contributed by atoms with Gasteiger partial charge >= 0.3 is 11.9 Å². The highest BCUT2D eigenvalue weighted by molar-refractivity contribution is 5.87. The Morgan fingerprint density at radius 1 is 0.941 bits per heavy atom. The molecule has 182 valence electrons. The zero-order valence-electron chi connectivity index (χ0n) is 19.1. The van der Waals surface area contributed by atoms with Crippen LogP contribution in [0.2, 0.25) is 0 Å². The third-order valence-corrected chi connectivity index (χ3v) is 6.54. The summed E-state index contributed by atoms with van der Waals surface area (Å²) < 4.78 is 15.7. The Morgan fingerprint density at radius 3 is 2.15 bits per heavy atom. The minimum absolute atomic E-state index is 0.154. The molecule has 1 aliphatic heterocycles. The fourth-order valence-electron chi connectivity index (χ4n) is 4.97. The average molecular weight is 472 g/mol. The molecule has 9 nitrogen and oxygen atoms in total. The van der Waals surface area contributed by atoms with Crippen molar-refractivity contribution in [3.8, 4) is 0 Å². The number of ether oxygens (including phenoxy) is 3. The highest BCUT2D eigenvalue weighted by atomic mass is 16.7.